The van der Waals surface area contributed by atoms with E-state index in [0.29, 0.717) is 0 Å². The van der Waals surface area contributed by atoms with Gasteiger partial charge in [0.15, 0.2) is 0 Å². The molecule has 4 nitrogen and oxygen atoms in total. The second-order valence-electron chi connectivity index (χ2n) is 5.79. The van der Waals surface area contributed by atoms with Crippen LogP contribution in [-0.4, -0.2) is 36.6 Å². The summed E-state index contributed by atoms with van der Waals surface area (Å²) in [5.41, 5.74) is 2.07. The fourth-order valence-corrected chi connectivity index (χ4v) is 2.96. The van der Waals surface area contributed by atoms with E-state index in [1.807, 2.05) is 37.4 Å². The quantitative estimate of drug-likeness (QED) is 0.918. The van der Waals surface area contributed by atoms with Crippen LogP contribution in [0.25, 0.3) is 11.5 Å². The highest BCUT2D eigenvalue weighted by Gasteiger charge is 2.19. The third-order valence-electron chi connectivity index (χ3n) is 4.16. The monoisotopic (exact) mass is 321 g/mol. The van der Waals surface area contributed by atoms with E-state index in [4.69, 9.17) is 4.42 Å². The topological polar surface area (TPSA) is 41.3 Å². The van der Waals surface area contributed by atoms with Gasteiger partial charge in [0.25, 0.3) is 0 Å². The van der Waals surface area contributed by atoms with Gasteiger partial charge in [-0.15, -0.1) is 12.4 Å². The summed E-state index contributed by atoms with van der Waals surface area (Å²) in [4.78, 5) is 7.08. The number of piperidine rings is 1. The van der Waals surface area contributed by atoms with Crippen molar-refractivity contribution in [3.8, 4) is 11.5 Å². The maximum Gasteiger partial charge on any atom is 0.226 e. The molecule has 5 heteroatoms. The lowest BCUT2D eigenvalue weighted by Gasteiger charge is -2.31. The lowest BCUT2D eigenvalue weighted by atomic mass is 9.97. The Kier molecular flexibility index (Phi) is 6.43. The van der Waals surface area contributed by atoms with Crippen molar-refractivity contribution >= 4 is 12.4 Å². The molecule has 0 bridgehead atoms. The molecule has 120 valence electrons. The van der Waals surface area contributed by atoms with Crippen LogP contribution in [-0.2, 0) is 6.54 Å². The second kappa shape index (κ2) is 8.32. The van der Waals surface area contributed by atoms with Crippen molar-refractivity contribution in [2.75, 3.05) is 26.7 Å². The molecule has 1 aliphatic rings. The number of hydrogen-bond donors (Lipinski definition) is 1. The van der Waals surface area contributed by atoms with Crippen LogP contribution in [0, 0.1) is 5.92 Å². The number of oxazole rings is 1. The SMILES string of the molecule is CNCC1CCN(Cc2coc(-c3ccccc3)n2)CC1.Cl. The molecule has 1 aliphatic heterocycles. The van der Waals surface area contributed by atoms with Crippen LogP contribution in [0.4, 0.5) is 0 Å². The molecule has 2 heterocycles. The molecule has 0 amide bonds. The average molecular weight is 322 g/mol. The third kappa shape index (κ3) is 4.32. The number of nitrogens with zero attached hydrogens (tertiary/aromatic N) is 2. The first-order valence-corrected chi connectivity index (χ1v) is 7.72. The van der Waals surface area contributed by atoms with Crippen LogP contribution < -0.4 is 5.32 Å². The molecule has 1 aromatic heterocycles. The van der Waals surface area contributed by atoms with Crippen LogP contribution in [0.1, 0.15) is 18.5 Å². The summed E-state index contributed by atoms with van der Waals surface area (Å²) in [6.07, 6.45) is 4.33. The van der Waals surface area contributed by atoms with E-state index in [1.165, 1.54) is 12.8 Å². The lowest BCUT2D eigenvalue weighted by Crippen LogP contribution is -2.36. The van der Waals surface area contributed by atoms with Gasteiger partial charge in [-0.2, -0.15) is 0 Å². The average Bonchev–Trinajstić information content (AvgIpc) is 2.99. The molecule has 0 radical (unpaired) electrons. The standard InChI is InChI=1S/C17H23N3O.ClH/c1-18-11-14-7-9-20(10-8-14)12-16-13-21-17(19-16)15-5-3-2-4-6-15;/h2-6,13-14,18H,7-12H2,1H3;1H. The minimum absolute atomic E-state index is 0. The number of halogens is 1. The van der Waals surface area contributed by atoms with Crippen molar-refractivity contribution in [1.82, 2.24) is 15.2 Å². The zero-order valence-corrected chi connectivity index (χ0v) is 13.8. The minimum atomic E-state index is 0. The molecule has 1 N–H and O–H groups in total. The molecule has 1 fully saturated rings. The Labute approximate surface area is 138 Å². The van der Waals surface area contributed by atoms with Crippen molar-refractivity contribution in [3.63, 3.8) is 0 Å². The number of rotatable bonds is 5. The summed E-state index contributed by atoms with van der Waals surface area (Å²) in [5.74, 6) is 1.54. The number of likely N-dealkylation sites (tertiary alicyclic amines) is 1. The fraction of sp³-hybridized carbons (Fsp3) is 0.471. The largest absolute Gasteiger partial charge is 0.444 e. The van der Waals surface area contributed by atoms with Gasteiger partial charge in [-0.25, -0.2) is 4.98 Å². The Balaban J connectivity index is 0.00000176. The molecular formula is C17H24ClN3O. The van der Waals surface area contributed by atoms with Crippen LogP contribution in [0.3, 0.4) is 0 Å². The molecule has 1 saturated heterocycles. The van der Waals surface area contributed by atoms with Crippen molar-refractivity contribution in [2.45, 2.75) is 19.4 Å². The van der Waals surface area contributed by atoms with Crippen LogP contribution in [0.5, 0.6) is 0 Å². The number of aromatic nitrogens is 1. The number of nitrogens with one attached hydrogen (secondary N) is 1. The minimum Gasteiger partial charge on any atom is -0.444 e. The highest BCUT2D eigenvalue weighted by atomic mass is 35.5. The summed E-state index contributed by atoms with van der Waals surface area (Å²) < 4.78 is 5.60. The molecule has 2 aromatic rings. The Hall–Kier alpha value is -1.36. The predicted molar refractivity (Wildman–Crippen MR) is 91.1 cm³/mol. The van der Waals surface area contributed by atoms with E-state index in [-0.39, 0.29) is 12.4 Å². The summed E-state index contributed by atoms with van der Waals surface area (Å²) in [6, 6.07) is 10.1. The van der Waals surface area contributed by atoms with E-state index in [2.05, 4.69) is 15.2 Å². The first-order chi connectivity index (χ1) is 10.3. The van der Waals surface area contributed by atoms with Gasteiger partial charge < -0.3 is 9.73 Å². The van der Waals surface area contributed by atoms with E-state index >= 15 is 0 Å². The van der Waals surface area contributed by atoms with E-state index in [0.717, 1.165) is 49.2 Å². The summed E-state index contributed by atoms with van der Waals surface area (Å²) in [7, 11) is 2.03. The highest BCUT2D eigenvalue weighted by Crippen LogP contribution is 2.21. The highest BCUT2D eigenvalue weighted by molar-refractivity contribution is 5.85. The van der Waals surface area contributed by atoms with Gasteiger partial charge in [0, 0.05) is 12.1 Å². The van der Waals surface area contributed by atoms with Gasteiger partial charge in [0.05, 0.1) is 5.69 Å². The van der Waals surface area contributed by atoms with Crippen molar-refractivity contribution in [2.24, 2.45) is 5.92 Å². The van der Waals surface area contributed by atoms with E-state index in [9.17, 15) is 0 Å². The molecular weight excluding hydrogens is 298 g/mol. The zero-order chi connectivity index (χ0) is 14.5. The zero-order valence-electron chi connectivity index (χ0n) is 13.0. The first kappa shape index (κ1) is 17.0. The summed E-state index contributed by atoms with van der Waals surface area (Å²) in [5, 5.41) is 3.28. The van der Waals surface area contributed by atoms with Crippen molar-refractivity contribution in [3.05, 3.63) is 42.3 Å². The lowest BCUT2D eigenvalue weighted by molar-refractivity contribution is 0.175. The predicted octanol–water partition coefficient (Wildman–Crippen LogP) is 3.19. The Bertz CT molecular complexity index is 550. The van der Waals surface area contributed by atoms with E-state index < -0.39 is 0 Å². The summed E-state index contributed by atoms with van der Waals surface area (Å²) >= 11 is 0. The van der Waals surface area contributed by atoms with Gasteiger partial charge in [-0.1, -0.05) is 18.2 Å². The Morgan fingerprint density at radius 3 is 2.64 bits per heavy atom. The molecule has 0 spiro atoms. The van der Waals surface area contributed by atoms with Crippen LogP contribution in [0.2, 0.25) is 0 Å². The first-order valence-electron chi connectivity index (χ1n) is 7.72. The van der Waals surface area contributed by atoms with Gasteiger partial charge in [0.1, 0.15) is 6.26 Å². The van der Waals surface area contributed by atoms with Crippen LogP contribution in [0.15, 0.2) is 41.0 Å². The molecule has 0 unspecified atom stereocenters. The smallest absolute Gasteiger partial charge is 0.226 e. The molecule has 0 aliphatic carbocycles. The molecule has 0 saturated carbocycles. The Morgan fingerprint density at radius 2 is 1.95 bits per heavy atom. The van der Waals surface area contributed by atoms with Gasteiger partial charge in [-0.05, 0) is 57.6 Å². The van der Waals surface area contributed by atoms with Crippen molar-refractivity contribution < 1.29 is 4.42 Å². The third-order valence-corrected chi connectivity index (χ3v) is 4.16. The number of hydrogen-bond acceptors (Lipinski definition) is 4. The van der Waals surface area contributed by atoms with Crippen LogP contribution >= 0.6 is 12.4 Å². The number of benzene rings is 1. The molecule has 0 atom stereocenters. The van der Waals surface area contributed by atoms with Gasteiger partial charge in [-0.3, -0.25) is 4.90 Å². The normalized spacial score (nSPS) is 16.4. The van der Waals surface area contributed by atoms with Gasteiger partial charge >= 0.3 is 0 Å². The molecule has 22 heavy (non-hydrogen) atoms. The molecule has 3 rings (SSSR count). The maximum atomic E-state index is 5.60. The fourth-order valence-electron chi connectivity index (χ4n) is 2.96. The maximum absolute atomic E-state index is 5.60. The van der Waals surface area contributed by atoms with E-state index in [1.54, 1.807) is 6.26 Å². The second-order valence-corrected chi connectivity index (χ2v) is 5.79. The van der Waals surface area contributed by atoms with Crippen molar-refractivity contribution in [1.29, 1.82) is 0 Å². The molecule has 1 aromatic carbocycles. The van der Waals surface area contributed by atoms with Gasteiger partial charge in [0.2, 0.25) is 5.89 Å². The summed E-state index contributed by atoms with van der Waals surface area (Å²) in [6.45, 7) is 4.33. The Morgan fingerprint density at radius 1 is 1.23 bits per heavy atom.